The first-order valence-corrected chi connectivity index (χ1v) is 10.9. The van der Waals surface area contributed by atoms with Gasteiger partial charge in [-0.2, -0.15) is 4.98 Å². The average Bonchev–Trinajstić information content (AvgIpc) is 3.58. The molecule has 1 aliphatic heterocycles. The Hall–Kier alpha value is -3.71. The van der Waals surface area contributed by atoms with Gasteiger partial charge in [-0.3, -0.25) is 4.40 Å². The van der Waals surface area contributed by atoms with Crippen LogP contribution < -0.4 is 4.90 Å². The second-order valence-electron chi connectivity index (χ2n) is 8.52. The van der Waals surface area contributed by atoms with Gasteiger partial charge in [0, 0.05) is 18.3 Å². The average molecular weight is 464 g/mol. The van der Waals surface area contributed by atoms with E-state index >= 15 is 4.39 Å². The molecule has 0 saturated heterocycles. The number of nitrogens with zero attached hydrogens (tertiary/aromatic N) is 6. The lowest BCUT2D eigenvalue weighted by molar-refractivity contribution is 0.0921. The minimum atomic E-state index is -2.49. The smallest absolute Gasteiger partial charge is 0.257 e. The molecule has 7 nitrogen and oxygen atoms in total. The Morgan fingerprint density at radius 2 is 2.03 bits per heavy atom. The van der Waals surface area contributed by atoms with Crippen LogP contribution in [0.4, 0.5) is 24.7 Å². The number of ether oxygens (including phenoxy) is 1. The van der Waals surface area contributed by atoms with E-state index in [4.69, 9.17) is 4.74 Å². The van der Waals surface area contributed by atoms with E-state index in [2.05, 4.69) is 32.0 Å². The number of hydrogen-bond donors (Lipinski definition) is 0. The highest BCUT2D eigenvalue weighted by molar-refractivity contribution is 5.94. The molecule has 4 heterocycles. The molecule has 0 spiro atoms. The Bertz CT molecular complexity index is 1500. The maximum absolute atomic E-state index is 15.2. The molecule has 0 atom stereocenters. The van der Waals surface area contributed by atoms with Crippen molar-refractivity contribution >= 4 is 28.2 Å². The van der Waals surface area contributed by atoms with Crippen molar-refractivity contribution in [3.05, 3.63) is 53.4 Å². The largest absolute Gasteiger partial charge is 0.375 e. The highest BCUT2D eigenvalue weighted by atomic mass is 19.3. The van der Waals surface area contributed by atoms with Gasteiger partial charge in [-0.15, -0.1) is 10.2 Å². The summed E-state index contributed by atoms with van der Waals surface area (Å²) in [6.45, 7) is 2.73. The van der Waals surface area contributed by atoms with E-state index in [1.807, 2.05) is 4.90 Å². The molecule has 3 aromatic heterocycles. The zero-order valence-electron chi connectivity index (χ0n) is 18.2. The Morgan fingerprint density at radius 3 is 2.82 bits per heavy atom. The SMILES string of the molecule is Cc1nnc2nc(N3CCOCc4c3ccnc4C#CC3(C(F)F)CC3)c3c(F)cccc3n12. The van der Waals surface area contributed by atoms with Gasteiger partial charge >= 0.3 is 0 Å². The van der Waals surface area contributed by atoms with Crippen LogP contribution in [-0.4, -0.2) is 44.1 Å². The summed E-state index contributed by atoms with van der Waals surface area (Å²) in [5.41, 5.74) is 1.07. The lowest BCUT2D eigenvalue weighted by Crippen LogP contribution is -2.23. The van der Waals surface area contributed by atoms with E-state index in [-0.39, 0.29) is 6.61 Å². The summed E-state index contributed by atoms with van der Waals surface area (Å²) in [4.78, 5) is 10.9. The van der Waals surface area contributed by atoms with E-state index in [1.165, 1.54) is 6.07 Å². The van der Waals surface area contributed by atoms with Crippen molar-refractivity contribution in [3.8, 4) is 11.8 Å². The third-order valence-electron chi connectivity index (χ3n) is 6.39. The first-order chi connectivity index (χ1) is 16.5. The maximum atomic E-state index is 15.2. The van der Waals surface area contributed by atoms with E-state index in [1.54, 1.807) is 35.7 Å². The number of rotatable bonds is 2. The predicted octanol–water partition coefficient (Wildman–Crippen LogP) is 4.19. The standard InChI is InChI=1S/C24H19F3N6O/c1-14-30-31-23-29-21(20-16(25)3-2-4-19(20)33(14)23)32-11-12-34-13-15-17(28-10-6-18(15)32)5-7-24(8-9-24)22(26)27/h2-4,6,10,22H,8-9,11-13H2,1H3. The number of hydrogen-bond acceptors (Lipinski definition) is 6. The van der Waals surface area contributed by atoms with Gasteiger partial charge < -0.3 is 9.64 Å². The Labute approximate surface area is 192 Å². The molecule has 2 aliphatic rings. The molecule has 172 valence electrons. The summed E-state index contributed by atoms with van der Waals surface area (Å²) >= 11 is 0. The van der Waals surface area contributed by atoms with Crippen LogP contribution in [0.15, 0.2) is 30.5 Å². The normalized spacial score (nSPS) is 16.9. The molecule has 1 fully saturated rings. The summed E-state index contributed by atoms with van der Waals surface area (Å²) in [7, 11) is 0. The van der Waals surface area contributed by atoms with Crippen molar-refractivity contribution in [2.45, 2.75) is 32.8 Å². The van der Waals surface area contributed by atoms with Gasteiger partial charge in [0.25, 0.3) is 12.2 Å². The van der Waals surface area contributed by atoms with Crippen molar-refractivity contribution in [3.63, 3.8) is 0 Å². The lowest BCUT2D eigenvalue weighted by Gasteiger charge is -2.25. The lowest BCUT2D eigenvalue weighted by atomic mass is 10.1. The van der Waals surface area contributed by atoms with Crippen molar-refractivity contribution in [1.29, 1.82) is 0 Å². The van der Waals surface area contributed by atoms with Crippen molar-refractivity contribution in [2.24, 2.45) is 5.41 Å². The van der Waals surface area contributed by atoms with Crippen LogP contribution in [0.1, 0.15) is 29.9 Å². The molecular formula is C24H19F3N6O. The van der Waals surface area contributed by atoms with Gasteiger partial charge in [0.1, 0.15) is 23.2 Å². The number of benzene rings is 1. The molecule has 0 bridgehead atoms. The minimum Gasteiger partial charge on any atom is -0.375 e. The van der Waals surface area contributed by atoms with Gasteiger partial charge in [-0.05, 0) is 43.9 Å². The second kappa shape index (κ2) is 7.67. The molecule has 34 heavy (non-hydrogen) atoms. The third kappa shape index (κ3) is 3.19. The minimum absolute atomic E-state index is 0.206. The van der Waals surface area contributed by atoms with E-state index in [0.29, 0.717) is 71.3 Å². The van der Waals surface area contributed by atoms with E-state index in [0.717, 1.165) is 0 Å². The molecule has 0 amide bonds. The Morgan fingerprint density at radius 1 is 1.18 bits per heavy atom. The number of aryl methyl sites for hydroxylation is 1. The fourth-order valence-corrected chi connectivity index (χ4v) is 4.34. The third-order valence-corrected chi connectivity index (χ3v) is 6.39. The maximum Gasteiger partial charge on any atom is 0.257 e. The number of pyridine rings is 1. The summed E-state index contributed by atoms with van der Waals surface area (Å²) < 4.78 is 49.4. The number of fused-ring (bicyclic) bond motifs is 4. The Kier molecular flexibility index (Phi) is 4.71. The molecule has 4 aromatic rings. The van der Waals surface area contributed by atoms with Crippen LogP contribution in [0.25, 0.3) is 16.7 Å². The number of halogens is 3. The highest BCUT2D eigenvalue weighted by Crippen LogP contribution is 2.50. The fourth-order valence-electron chi connectivity index (χ4n) is 4.34. The second-order valence-corrected chi connectivity index (χ2v) is 8.52. The molecule has 1 aliphatic carbocycles. The van der Waals surface area contributed by atoms with Crippen molar-refractivity contribution < 1.29 is 17.9 Å². The zero-order chi connectivity index (χ0) is 23.4. The highest BCUT2D eigenvalue weighted by Gasteiger charge is 2.50. The molecule has 0 N–H and O–H groups in total. The van der Waals surface area contributed by atoms with E-state index in [9.17, 15) is 8.78 Å². The van der Waals surface area contributed by atoms with Crippen molar-refractivity contribution in [1.82, 2.24) is 24.6 Å². The molecule has 0 radical (unpaired) electrons. The molecule has 1 aromatic carbocycles. The zero-order valence-corrected chi connectivity index (χ0v) is 18.2. The summed E-state index contributed by atoms with van der Waals surface area (Å²) in [6.07, 6.45) is -0.168. The van der Waals surface area contributed by atoms with Gasteiger partial charge in [0.15, 0.2) is 0 Å². The summed E-state index contributed by atoms with van der Waals surface area (Å²) in [6, 6.07) is 6.60. The van der Waals surface area contributed by atoms with Crippen LogP contribution in [0.3, 0.4) is 0 Å². The molecule has 6 rings (SSSR count). The van der Waals surface area contributed by atoms with Crippen LogP contribution in [-0.2, 0) is 11.3 Å². The van der Waals surface area contributed by atoms with Gasteiger partial charge in [-0.25, -0.2) is 18.2 Å². The molecule has 0 unspecified atom stereocenters. The topological polar surface area (TPSA) is 68.4 Å². The first-order valence-electron chi connectivity index (χ1n) is 10.9. The van der Waals surface area contributed by atoms with Gasteiger partial charge in [0.05, 0.1) is 35.2 Å². The molecule has 1 saturated carbocycles. The molecule has 10 heteroatoms. The van der Waals surface area contributed by atoms with Crippen LogP contribution in [0, 0.1) is 30.0 Å². The summed E-state index contributed by atoms with van der Waals surface area (Å²) in [5.74, 6) is 6.50. The van der Waals surface area contributed by atoms with Crippen molar-refractivity contribution in [2.75, 3.05) is 18.1 Å². The van der Waals surface area contributed by atoms with Crippen LogP contribution in [0.2, 0.25) is 0 Å². The van der Waals surface area contributed by atoms with Crippen LogP contribution in [0.5, 0.6) is 0 Å². The number of aromatic nitrogens is 5. The summed E-state index contributed by atoms with van der Waals surface area (Å²) in [5, 5.41) is 8.57. The van der Waals surface area contributed by atoms with E-state index < -0.39 is 17.7 Å². The number of alkyl halides is 2. The Balaban J connectivity index is 1.55. The van der Waals surface area contributed by atoms with Gasteiger partial charge in [0.2, 0.25) is 0 Å². The molecular weight excluding hydrogens is 445 g/mol. The monoisotopic (exact) mass is 464 g/mol. The van der Waals surface area contributed by atoms with Gasteiger partial charge in [-0.1, -0.05) is 12.0 Å². The van der Waals surface area contributed by atoms with Crippen LogP contribution >= 0.6 is 0 Å². The number of anilines is 2. The predicted molar refractivity (Wildman–Crippen MR) is 118 cm³/mol. The quantitative estimate of drug-likeness (QED) is 0.415. The first kappa shape index (κ1) is 20.9. The fraction of sp³-hybridized carbons (Fsp3) is 0.333.